The van der Waals surface area contributed by atoms with E-state index < -0.39 is 12.0 Å². The molecule has 0 amide bonds. The third-order valence-corrected chi connectivity index (χ3v) is 7.22. The van der Waals surface area contributed by atoms with Gasteiger partial charge in [-0.3, -0.25) is 9.36 Å². The summed E-state index contributed by atoms with van der Waals surface area (Å²) < 4.78 is 13.4. The first-order valence-electron chi connectivity index (χ1n) is 11.5. The molecule has 6 nitrogen and oxygen atoms in total. The maximum absolute atomic E-state index is 13.7. The van der Waals surface area contributed by atoms with Gasteiger partial charge >= 0.3 is 5.97 Å². The van der Waals surface area contributed by atoms with Crippen molar-refractivity contribution >= 4 is 35.0 Å². The number of fused-ring (bicyclic) bond motifs is 1. The topological polar surface area (TPSA) is 73.8 Å². The van der Waals surface area contributed by atoms with Crippen LogP contribution in [0.2, 0.25) is 5.02 Å². The van der Waals surface area contributed by atoms with Crippen LogP contribution in [0.3, 0.4) is 0 Å². The number of hydrogen-bond donors (Lipinski definition) is 0. The van der Waals surface area contributed by atoms with Crippen LogP contribution < -0.4 is 14.9 Å². The highest BCUT2D eigenvalue weighted by molar-refractivity contribution is 7.07. The zero-order chi connectivity index (χ0) is 25.4. The summed E-state index contributed by atoms with van der Waals surface area (Å²) in [5.41, 5.74) is 3.37. The number of carbonyl (C=O) groups is 1. The number of thiazole rings is 1. The van der Waals surface area contributed by atoms with E-state index >= 15 is 0 Å². The average Bonchev–Trinajstić information content (AvgIpc) is 3.45. The largest absolute Gasteiger partial charge is 0.463 e. The summed E-state index contributed by atoms with van der Waals surface area (Å²) in [6.07, 6.45) is 1.71. The van der Waals surface area contributed by atoms with Gasteiger partial charge in [-0.15, -0.1) is 0 Å². The Labute approximate surface area is 216 Å². The Bertz CT molecular complexity index is 1680. The van der Waals surface area contributed by atoms with Crippen molar-refractivity contribution in [3.05, 3.63) is 114 Å². The number of ether oxygens (including phenoxy) is 1. The number of nitrogens with zero attached hydrogens (tertiary/aromatic N) is 2. The van der Waals surface area contributed by atoms with Crippen LogP contribution in [-0.4, -0.2) is 17.1 Å². The molecule has 0 saturated carbocycles. The number of aryl methyl sites for hydroxylation is 1. The predicted molar refractivity (Wildman–Crippen MR) is 141 cm³/mol. The van der Waals surface area contributed by atoms with Gasteiger partial charge in [0.25, 0.3) is 5.56 Å². The van der Waals surface area contributed by atoms with Crippen molar-refractivity contribution in [2.75, 3.05) is 6.61 Å². The second kappa shape index (κ2) is 9.76. The fraction of sp³-hybridized carbons (Fsp3) is 0.179. The Morgan fingerprint density at radius 1 is 1.17 bits per heavy atom. The first-order valence-corrected chi connectivity index (χ1v) is 12.7. The van der Waals surface area contributed by atoms with Crippen molar-refractivity contribution in [3.63, 3.8) is 0 Å². The van der Waals surface area contributed by atoms with E-state index in [4.69, 9.17) is 20.8 Å². The van der Waals surface area contributed by atoms with Gasteiger partial charge in [0.1, 0.15) is 11.5 Å². The molecule has 36 heavy (non-hydrogen) atoms. The van der Waals surface area contributed by atoms with E-state index in [2.05, 4.69) is 4.99 Å². The van der Waals surface area contributed by atoms with E-state index in [1.807, 2.05) is 67.6 Å². The highest BCUT2D eigenvalue weighted by Crippen LogP contribution is 2.31. The third kappa shape index (κ3) is 4.36. The smallest absolute Gasteiger partial charge is 0.338 e. The van der Waals surface area contributed by atoms with Gasteiger partial charge in [-0.25, -0.2) is 9.79 Å². The van der Waals surface area contributed by atoms with Gasteiger partial charge in [0.05, 0.1) is 28.5 Å². The Hall–Kier alpha value is -3.68. The van der Waals surface area contributed by atoms with E-state index in [1.165, 1.54) is 11.3 Å². The van der Waals surface area contributed by atoms with E-state index in [9.17, 15) is 9.59 Å². The second-order valence-corrected chi connectivity index (χ2v) is 9.82. The normalized spacial score (nSPS) is 15.6. The van der Waals surface area contributed by atoms with Gasteiger partial charge < -0.3 is 9.15 Å². The zero-order valence-electron chi connectivity index (χ0n) is 19.9. The fourth-order valence-corrected chi connectivity index (χ4v) is 5.51. The second-order valence-electron chi connectivity index (χ2n) is 8.37. The highest BCUT2D eigenvalue weighted by atomic mass is 35.5. The van der Waals surface area contributed by atoms with Gasteiger partial charge in [-0.05, 0) is 56.2 Å². The lowest BCUT2D eigenvalue weighted by atomic mass is 9.96. The molecular weight excluding hydrogens is 496 g/mol. The average molecular weight is 519 g/mol. The van der Waals surface area contributed by atoms with Crippen LogP contribution in [0.15, 0.2) is 86.1 Å². The first-order chi connectivity index (χ1) is 17.4. The van der Waals surface area contributed by atoms with Gasteiger partial charge in [0.2, 0.25) is 0 Å². The molecule has 0 fully saturated rings. The molecular formula is C28H23ClN2O4S. The fourth-order valence-electron chi connectivity index (χ4n) is 4.31. The minimum atomic E-state index is -0.634. The third-order valence-electron chi connectivity index (χ3n) is 6.00. The van der Waals surface area contributed by atoms with Gasteiger partial charge in [0.15, 0.2) is 4.80 Å². The Morgan fingerprint density at radius 3 is 2.69 bits per heavy atom. The number of hydrogen-bond acceptors (Lipinski definition) is 6. The molecule has 0 unspecified atom stereocenters. The molecule has 0 bridgehead atoms. The SMILES string of the molecule is CCOC(=O)C1=C(C)N=c2s/c(=C\c3ccc(-c4cc(Cl)ccc4C)o3)c(=O)n2[C@@H]1c1ccccc1. The van der Waals surface area contributed by atoms with Crippen LogP contribution in [0.5, 0.6) is 0 Å². The highest BCUT2D eigenvalue weighted by Gasteiger charge is 2.33. The van der Waals surface area contributed by atoms with Crippen molar-refractivity contribution in [1.29, 1.82) is 0 Å². The lowest BCUT2D eigenvalue weighted by Crippen LogP contribution is -2.39. The molecule has 8 heteroatoms. The summed E-state index contributed by atoms with van der Waals surface area (Å²) in [5, 5.41) is 0.621. The van der Waals surface area contributed by atoms with Crippen molar-refractivity contribution in [2.45, 2.75) is 26.8 Å². The quantitative estimate of drug-likeness (QED) is 0.348. The lowest BCUT2D eigenvalue weighted by Gasteiger charge is -2.24. The number of furan rings is 1. The zero-order valence-corrected chi connectivity index (χ0v) is 21.5. The molecule has 0 spiro atoms. The molecule has 2 aromatic carbocycles. The van der Waals surface area contributed by atoms with Crippen LogP contribution in [0, 0.1) is 6.92 Å². The Morgan fingerprint density at radius 2 is 1.94 bits per heavy atom. The molecule has 0 radical (unpaired) electrons. The molecule has 5 rings (SSSR count). The summed E-state index contributed by atoms with van der Waals surface area (Å²) in [4.78, 5) is 31.7. The molecule has 0 aliphatic carbocycles. The van der Waals surface area contributed by atoms with E-state index in [-0.39, 0.29) is 12.2 Å². The number of benzene rings is 2. The molecule has 2 aromatic heterocycles. The maximum atomic E-state index is 13.7. The van der Waals surface area contributed by atoms with E-state index in [1.54, 1.807) is 24.5 Å². The van der Waals surface area contributed by atoms with Crippen molar-refractivity contribution in [1.82, 2.24) is 4.57 Å². The number of esters is 1. The van der Waals surface area contributed by atoms with Crippen LogP contribution in [-0.2, 0) is 9.53 Å². The van der Waals surface area contributed by atoms with Gasteiger partial charge in [-0.1, -0.05) is 59.3 Å². The van der Waals surface area contributed by atoms with Gasteiger partial charge in [-0.2, -0.15) is 0 Å². The number of carbonyl (C=O) groups excluding carboxylic acids is 1. The first kappa shape index (κ1) is 24.0. The molecule has 1 atom stereocenters. The molecule has 0 saturated heterocycles. The minimum absolute atomic E-state index is 0.231. The summed E-state index contributed by atoms with van der Waals surface area (Å²) in [6.45, 7) is 5.74. The van der Waals surface area contributed by atoms with Crippen molar-refractivity contribution in [2.24, 2.45) is 4.99 Å². The number of rotatable bonds is 5. The van der Waals surface area contributed by atoms with E-state index in [0.717, 1.165) is 16.7 Å². The van der Waals surface area contributed by atoms with Crippen molar-refractivity contribution in [3.8, 4) is 11.3 Å². The maximum Gasteiger partial charge on any atom is 0.338 e. The van der Waals surface area contributed by atoms with Gasteiger partial charge in [0, 0.05) is 16.7 Å². The molecule has 3 heterocycles. The van der Waals surface area contributed by atoms with Crippen LogP contribution in [0.25, 0.3) is 17.4 Å². The van der Waals surface area contributed by atoms with Crippen molar-refractivity contribution < 1.29 is 13.9 Å². The van der Waals surface area contributed by atoms with E-state index in [0.29, 0.717) is 37.1 Å². The van der Waals surface area contributed by atoms with Crippen LogP contribution in [0.1, 0.15) is 36.8 Å². The minimum Gasteiger partial charge on any atom is -0.463 e. The Kier molecular flexibility index (Phi) is 6.51. The standard InChI is InChI=1S/C28H23ClN2O4S/c1-4-34-27(33)24-17(3)30-28-31(25(24)18-8-6-5-7-9-18)26(32)23(36-28)15-20-12-13-22(35-20)21-14-19(29)11-10-16(21)2/h5-15,25H,4H2,1-3H3/b23-15-/t25-/m1/s1. The summed E-state index contributed by atoms with van der Waals surface area (Å²) in [6, 6.07) is 18.1. The number of halogens is 1. The number of allylic oxidation sites excluding steroid dienone is 1. The molecule has 182 valence electrons. The summed E-state index contributed by atoms with van der Waals surface area (Å²) >= 11 is 7.43. The van der Waals surface area contributed by atoms with Crippen LogP contribution in [0.4, 0.5) is 0 Å². The molecule has 1 aliphatic rings. The molecule has 4 aromatic rings. The molecule has 1 aliphatic heterocycles. The summed E-state index contributed by atoms with van der Waals surface area (Å²) in [7, 11) is 0. The summed E-state index contributed by atoms with van der Waals surface area (Å²) in [5.74, 6) is 0.721. The Balaban J connectivity index is 1.64. The number of aromatic nitrogens is 1. The molecule has 0 N–H and O–H groups in total. The monoisotopic (exact) mass is 518 g/mol. The lowest BCUT2D eigenvalue weighted by molar-refractivity contribution is -0.139. The predicted octanol–water partition coefficient (Wildman–Crippen LogP) is 5.02. The van der Waals surface area contributed by atoms with Crippen LogP contribution >= 0.6 is 22.9 Å².